The van der Waals surface area contributed by atoms with E-state index in [0.717, 1.165) is 11.1 Å². The summed E-state index contributed by atoms with van der Waals surface area (Å²) in [6, 6.07) is 14.9. The normalized spacial score (nSPS) is 10.8. The topological polar surface area (TPSA) is 84.0 Å². The Hall–Kier alpha value is -3.15. The summed E-state index contributed by atoms with van der Waals surface area (Å²) in [4.78, 5) is 38.4. The molecule has 2 aromatic carbocycles. The predicted molar refractivity (Wildman–Crippen MR) is 96.7 cm³/mol. The maximum absolute atomic E-state index is 12.1. The molecule has 1 amide bonds. The van der Waals surface area contributed by atoms with E-state index in [9.17, 15) is 14.4 Å². The van der Waals surface area contributed by atoms with Crippen molar-refractivity contribution in [1.29, 1.82) is 0 Å². The molecule has 1 heterocycles. The second kappa shape index (κ2) is 7.17. The molecule has 1 aromatic heterocycles. The lowest BCUT2D eigenvalue weighted by Gasteiger charge is -2.10. The number of carbonyl (C=O) groups excluding carboxylic acids is 1. The minimum absolute atomic E-state index is 0.119. The SMILES string of the molecule is Cc1ccc(CC(=O)NCCn2c(=O)c(=O)[nH]c3ccccc32)cc1. The summed E-state index contributed by atoms with van der Waals surface area (Å²) in [6.45, 7) is 2.51. The molecule has 3 rings (SSSR count). The van der Waals surface area contributed by atoms with E-state index in [4.69, 9.17) is 0 Å². The molecule has 0 saturated carbocycles. The molecule has 0 bridgehead atoms. The highest BCUT2D eigenvalue weighted by molar-refractivity contribution is 5.78. The molecule has 128 valence electrons. The van der Waals surface area contributed by atoms with Crippen LogP contribution in [0.3, 0.4) is 0 Å². The van der Waals surface area contributed by atoms with Crippen LogP contribution < -0.4 is 16.4 Å². The van der Waals surface area contributed by atoms with E-state index in [0.29, 0.717) is 11.0 Å². The Morgan fingerprint density at radius 3 is 2.56 bits per heavy atom. The number of aryl methyl sites for hydroxylation is 1. The van der Waals surface area contributed by atoms with Gasteiger partial charge in [0.15, 0.2) is 0 Å². The van der Waals surface area contributed by atoms with Gasteiger partial charge in [-0.15, -0.1) is 0 Å². The molecule has 6 nitrogen and oxygen atoms in total. The van der Waals surface area contributed by atoms with Gasteiger partial charge in [0.05, 0.1) is 17.5 Å². The van der Waals surface area contributed by atoms with Crippen molar-refractivity contribution in [2.45, 2.75) is 19.9 Å². The molecule has 2 N–H and O–H groups in total. The Kier molecular flexibility index (Phi) is 4.79. The predicted octanol–water partition coefficient (Wildman–Crippen LogP) is 1.36. The summed E-state index contributed by atoms with van der Waals surface area (Å²) >= 11 is 0. The summed E-state index contributed by atoms with van der Waals surface area (Å²) < 4.78 is 1.39. The van der Waals surface area contributed by atoms with Crippen LogP contribution in [0.25, 0.3) is 11.0 Å². The number of nitrogens with zero attached hydrogens (tertiary/aromatic N) is 1. The maximum atomic E-state index is 12.1. The van der Waals surface area contributed by atoms with Crippen molar-refractivity contribution in [3.8, 4) is 0 Å². The van der Waals surface area contributed by atoms with E-state index in [-0.39, 0.29) is 25.4 Å². The van der Waals surface area contributed by atoms with Gasteiger partial charge in [-0.25, -0.2) is 0 Å². The fourth-order valence-electron chi connectivity index (χ4n) is 2.71. The Labute approximate surface area is 144 Å². The van der Waals surface area contributed by atoms with Gasteiger partial charge in [-0.2, -0.15) is 0 Å². The monoisotopic (exact) mass is 337 g/mol. The quantitative estimate of drug-likeness (QED) is 0.690. The van der Waals surface area contributed by atoms with Crippen LogP contribution in [0, 0.1) is 6.92 Å². The number of aromatic nitrogens is 2. The van der Waals surface area contributed by atoms with E-state index in [1.807, 2.05) is 31.2 Å². The summed E-state index contributed by atoms with van der Waals surface area (Å²) in [5.74, 6) is -0.119. The molecule has 0 aliphatic heterocycles. The first-order chi connectivity index (χ1) is 12.0. The van der Waals surface area contributed by atoms with E-state index in [2.05, 4.69) is 10.3 Å². The molecule has 6 heteroatoms. The van der Waals surface area contributed by atoms with Gasteiger partial charge in [-0.3, -0.25) is 14.4 Å². The lowest BCUT2D eigenvalue weighted by Crippen LogP contribution is -2.39. The van der Waals surface area contributed by atoms with Crippen LogP contribution in [0.4, 0.5) is 0 Å². The van der Waals surface area contributed by atoms with Crippen molar-refractivity contribution < 1.29 is 4.79 Å². The third-order valence-electron chi connectivity index (χ3n) is 4.03. The van der Waals surface area contributed by atoms with Crippen molar-refractivity contribution in [3.63, 3.8) is 0 Å². The Balaban J connectivity index is 1.68. The number of aromatic amines is 1. The molecule has 0 radical (unpaired) electrons. The number of fused-ring (bicyclic) bond motifs is 1. The molecule has 3 aromatic rings. The number of hydrogen-bond donors (Lipinski definition) is 2. The first kappa shape index (κ1) is 16.7. The highest BCUT2D eigenvalue weighted by atomic mass is 16.2. The third-order valence-corrected chi connectivity index (χ3v) is 4.03. The average molecular weight is 337 g/mol. The highest BCUT2D eigenvalue weighted by Crippen LogP contribution is 2.07. The fraction of sp³-hybridized carbons (Fsp3) is 0.211. The van der Waals surface area contributed by atoms with Crippen LogP contribution in [0.5, 0.6) is 0 Å². The highest BCUT2D eigenvalue weighted by Gasteiger charge is 2.08. The standard InChI is InChI=1S/C19H19N3O3/c1-13-6-8-14(9-7-13)12-17(23)20-10-11-22-16-5-3-2-4-15(16)21-18(24)19(22)25/h2-9H,10-12H2,1H3,(H,20,23)(H,21,24). The van der Waals surface area contributed by atoms with Crippen molar-refractivity contribution >= 4 is 16.9 Å². The average Bonchev–Trinajstić information content (AvgIpc) is 2.60. The first-order valence-corrected chi connectivity index (χ1v) is 8.09. The number of para-hydroxylation sites is 2. The fourth-order valence-corrected chi connectivity index (χ4v) is 2.71. The number of hydrogen-bond acceptors (Lipinski definition) is 3. The Morgan fingerprint density at radius 1 is 1.08 bits per heavy atom. The molecule has 0 unspecified atom stereocenters. The minimum Gasteiger partial charge on any atom is -0.354 e. The van der Waals surface area contributed by atoms with E-state index >= 15 is 0 Å². The van der Waals surface area contributed by atoms with Crippen molar-refractivity contribution in [3.05, 3.63) is 80.4 Å². The zero-order valence-corrected chi connectivity index (χ0v) is 13.9. The van der Waals surface area contributed by atoms with Gasteiger partial charge in [0.2, 0.25) is 5.91 Å². The minimum atomic E-state index is -0.662. The number of nitrogens with one attached hydrogen (secondary N) is 2. The van der Waals surface area contributed by atoms with Gasteiger partial charge >= 0.3 is 11.1 Å². The molecule has 0 saturated heterocycles. The van der Waals surface area contributed by atoms with Gasteiger partial charge in [0.25, 0.3) is 0 Å². The molecule has 25 heavy (non-hydrogen) atoms. The summed E-state index contributed by atoms with van der Waals surface area (Å²) in [5, 5.41) is 2.79. The smallest absolute Gasteiger partial charge is 0.316 e. The molecular weight excluding hydrogens is 318 g/mol. The molecular formula is C19H19N3O3. The van der Waals surface area contributed by atoms with Gasteiger partial charge in [-0.05, 0) is 24.6 Å². The van der Waals surface area contributed by atoms with Crippen LogP contribution in [0.2, 0.25) is 0 Å². The summed E-state index contributed by atoms with van der Waals surface area (Å²) in [5.41, 5.74) is 2.03. The van der Waals surface area contributed by atoms with E-state index in [1.165, 1.54) is 4.57 Å². The van der Waals surface area contributed by atoms with Crippen LogP contribution in [0.1, 0.15) is 11.1 Å². The number of amides is 1. The summed E-state index contributed by atoms with van der Waals surface area (Å²) in [7, 11) is 0. The second-order valence-corrected chi connectivity index (χ2v) is 5.94. The molecule has 0 aliphatic rings. The molecule has 0 aliphatic carbocycles. The van der Waals surface area contributed by atoms with Gasteiger partial charge in [0, 0.05) is 13.1 Å². The number of rotatable bonds is 5. The number of benzene rings is 2. The Bertz CT molecular complexity index is 1020. The number of H-pyrrole nitrogens is 1. The largest absolute Gasteiger partial charge is 0.354 e. The van der Waals surface area contributed by atoms with Gasteiger partial charge < -0.3 is 14.9 Å². The zero-order chi connectivity index (χ0) is 17.8. The molecule has 0 spiro atoms. The van der Waals surface area contributed by atoms with Gasteiger partial charge in [-0.1, -0.05) is 42.0 Å². The van der Waals surface area contributed by atoms with Crippen molar-refractivity contribution in [1.82, 2.24) is 14.9 Å². The Morgan fingerprint density at radius 2 is 1.80 bits per heavy atom. The molecule has 0 atom stereocenters. The van der Waals surface area contributed by atoms with E-state index in [1.54, 1.807) is 24.3 Å². The summed E-state index contributed by atoms with van der Waals surface area (Å²) in [6.07, 6.45) is 0.283. The number of carbonyl (C=O) groups is 1. The van der Waals surface area contributed by atoms with Crippen LogP contribution in [-0.4, -0.2) is 22.0 Å². The van der Waals surface area contributed by atoms with Crippen LogP contribution in [0.15, 0.2) is 58.1 Å². The van der Waals surface area contributed by atoms with Crippen LogP contribution in [-0.2, 0) is 17.8 Å². The van der Waals surface area contributed by atoms with Crippen molar-refractivity contribution in [2.24, 2.45) is 0 Å². The third kappa shape index (κ3) is 3.85. The lowest BCUT2D eigenvalue weighted by molar-refractivity contribution is -0.120. The lowest BCUT2D eigenvalue weighted by atomic mass is 10.1. The van der Waals surface area contributed by atoms with Crippen LogP contribution >= 0.6 is 0 Å². The first-order valence-electron chi connectivity index (χ1n) is 8.09. The van der Waals surface area contributed by atoms with E-state index < -0.39 is 11.1 Å². The maximum Gasteiger partial charge on any atom is 0.316 e. The molecule has 0 fully saturated rings. The van der Waals surface area contributed by atoms with Crippen molar-refractivity contribution in [2.75, 3.05) is 6.54 Å². The second-order valence-electron chi connectivity index (χ2n) is 5.94. The van der Waals surface area contributed by atoms with Gasteiger partial charge in [0.1, 0.15) is 0 Å². The zero-order valence-electron chi connectivity index (χ0n) is 13.9.